The van der Waals surface area contributed by atoms with Gasteiger partial charge in [0.05, 0.1) is 11.4 Å². The first kappa shape index (κ1) is 18.1. The van der Waals surface area contributed by atoms with Crippen molar-refractivity contribution < 1.29 is 13.2 Å². The van der Waals surface area contributed by atoms with Crippen molar-refractivity contribution >= 4 is 23.3 Å². The van der Waals surface area contributed by atoms with Gasteiger partial charge in [0.1, 0.15) is 5.70 Å². The number of nitrogens with two attached hydrogens (primary N) is 2. The Morgan fingerprint density at radius 3 is 2.12 bits per heavy atom. The van der Waals surface area contributed by atoms with E-state index in [2.05, 4.69) is 4.99 Å². The minimum absolute atomic E-state index is 0.137. The van der Waals surface area contributed by atoms with Gasteiger partial charge in [0.2, 0.25) is 0 Å². The standard InChI is InChI=1S/C17H16F3N3S/c1-11-2-4-12(5-3-11)15(10-16(21)17(18,19)20)23-13-6-8-14(24-22)9-7-13/h2-10H,21-22H2,1H3. The van der Waals surface area contributed by atoms with Crippen LogP contribution in [0.4, 0.5) is 18.9 Å². The minimum atomic E-state index is -4.61. The highest BCUT2D eigenvalue weighted by Gasteiger charge is 2.31. The van der Waals surface area contributed by atoms with Crippen LogP contribution < -0.4 is 10.9 Å². The maximum absolute atomic E-state index is 12.8. The van der Waals surface area contributed by atoms with Crippen molar-refractivity contribution in [2.24, 2.45) is 15.9 Å². The Kier molecular flexibility index (Phi) is 5.69. The van der Waals surface area contributed by atoms with Crippen molar-refractivity contribution in [3.8, 4) is 0 Å². The average Bonchev–Trinajstić information content (AvgIpc) is 2.54. The predicted molar refractivity (Wildman–Crippen MR) is 92.2 cm³/mol. The molecule has 24 heavy (non-hydrogen) atoms. The summed E-state index contributed by atoms with van der Waals surface area (Å²) in [4.78, 5) is 5.13. The summed E-state index contributed by atoms with van der Waals surface area (Å²) in [7, 11) is 0. The second-order valence-electron chi connectivity index (χ2n) is 5.07. The van der Waals surface area contributed by atoms with Gasteiger partial charge in [-0.3, -0.25) is 5.14 Å². The molecule has 2 rings (SSSR count). The zero-order valence-corrected chi connectivity index (χ0v) is 13.7. The van der Waals surface area contributed by atoms with Gasteiger partial charge in [0, 0.05) is 10.5 Å². The fraction of sp³-hybridized carbons (Fsp3) is 0.118. The van der Waals surface area contributed by atoms with Crippen LogP contribution in [0.1, 0.15) is 11.1 Å². The van der Waals surface area contributed by atoms with Crippen LogP contribution in [0.5, 0.6) is 0 Å². The molecule has 0 saturated heterocycles. The maximum Gasteiger partial charge on any atom is 0.430 e. The van der Waals surface area contributed by atoms with E-state index in [0.29, 0.717) is 11.3 Å². The van der Waals surface area contributed by atoms with Crippen molar-refractivity contribution in [3.63, 3.8) is 0 Å². The number of aliphatic imine (C=N–C) groups is 1. The molecule has 4 N–H and O–H groups in total. The van der Waals surface area contributed by atoms with Gasteiger partial charge in [-0.2, -0.15) is 13.2 Å². The van der Waals surface area contributed by atoms with Crippen LogP contribution in [0.25, 0.3) is 0 Å². The summed E-state index contributed by atoms with van der Waals surface area (Å²) >= 11 is 1.08. The van der Waals surface area contributed by atoms with Gasteiger partial charge in [-0.05, 0) is 49.2 Å². The smallest absolute Gasteiger partial charge is 0.395 e. The quantitative estimate of drug-likeness (QED) is 0.630. The van der Waals surface area contributed by atoms with E-state index in [-0.39, 0.29) is 5.71 Å². The second-order valence-corrected chi connectivity index (χ2v) is 5.78. The normalized spacial score (nSPS) is 13.2. The summed E-state index contributed by atoms with van der Waals surface area (Å²) in [5.41, 5.74) is 6.14. The van der Waals surface area contributed by atoms with Crippen LogP contribution in [-0.2, 0) is 0 Å². The molecule has 0 unspecified atom stereocenters. The molecule has 0 saturated carbocycles. The van der Waals surface area contributed by atoms with Crippen LogP contribution in [-0.4, -0.2) is 11.9 Å². The molecule has 2 aromatic rings. The molecular weight excluding hydrogens is 335 g/mol. The lowest BCUT2D eigenvalue weighted by molar-refractivity contribution is -0.0925. The predicted octanol–water partition coefficient (Wildman–Crippen LogP) is 4.49. The molecule has 0 radical (unpaired) electrons. The monoisotopic (exact) mass is 351 g/mol. The van der Waals surface area contributed by atoms with E-state index < -0.39 is 11.9 Å². The van der Waals surface area contributed by atoms with E-state index in [1.165, 1.54) is 0 Å². The fourth-order valence-corrected chi connectivity index (χ4v) is 2.17. The Labute approximate surface area is 142 Å². The van der Waals surface area contributed by atoms with E-state index in [9.17, 15) is 13.2 Å². The van der Waals surface area contributed by atoms with Crippen LogP contribution >= 0.6 is 11.9 Å². The number of rotatable bonds is 4. The number of hydrogen-bond donors (Lipinski definition) is 2. The fourth-order valence-electron chi connectivity index (χ4n) is 1.87. The largest absolute Gasteiger partial charge is 0.430 e. The Balaban J connectivity index is 2.48. The van der Waals surface area contributed by atoms with Crippen LogP contribution in [0, 0.1) is 6.92 Å². The summed E-state index contributed by atoms with van der Waals surface area (Å²) in [6.07, 6.45) is -3.76. The van der Waals surface area contributed by atoms with Crippen LogP contribution in [0.15, 0.2) is 70.2 Å². The summed E-state index contributed by atoms with van der Waals surface area (Å²) in [6.45, 7) is 1.89. The van der Waals surface area contributed by atoms with E-state index in [0.717, 1.165) is 28.5 Å². The minimum Gasteiger partial charge on any atom is -0.395 e. The van der Waals surface area contributed by atoms with Crippen molar-refractivity contribution in [1.29, 1.82) is 0 Å². The van der Waals surface area contributed by atoms with E-state index in [1.54, 1.807) is 48.5 Å². The third-order valence-electron chi connectivity index (χ3n) is 3.19. The lowest BCUT2D eigenvalue weighted by atomic mass is 10.1. The van der Waals surface area contributed by atoms with Gasteiger partial charge >= 0.3 is 6.18 Å². The Bertz CT molecular complexity index is 748. The molecule has 0 aliphatic heterocycles. The molecule has 0 heterocycles. The molecule has 7 heteroatoms. The average molecular weight is 351 g/mol. The highest BCUT2D eigenvalue weighted by atomic mass is 32.2. The van der Waals surface area contributed by atoms with Crippen molar-refractivity contribution in [1.82, 2.24) is 0 Å². The lowest BCUT2D eigenvalue weighted by Gasteiger charge is -2.09. The Hall–Kier alpha value is -2.25. The first-order valence-corrected chi connectivity index (χ1v) is 7.84. The molecular formula is C17H16F3N3S. The van der Waals surface area contributed by atoms with E-state index in [1.807, 2.05) is 6.92 Å². The zero-order chi connectivity index (χ0) is 17.7. The first-order chi connectivity index (χ1) is 11.3. The topological polar surface area (TPSA) is 64.4 Å². The summed E-state index contributed by atoms with van der Waals surface area (Å²) in [5.74, 6) is 0. The SMILES string of the molecule is Cc1ccc(C(C=C(N)C(F)(F)F)=Nc2ccc(SN)cc2)cc1. The molecule has 0 fully saturated rings. The number of benzene rings is 2. The number of aryl methyl sites for hydroxylation is 1. The highest BCUT2D eigenvalue weighted by molar-refractivity contribution is 7.97. The van der Waals surface area contributed by atoms with Gasteiger partial charge < -0.3 is 5.73 Å². The van der Waals surface area contributed by atoms with Crippen molar-refractivity contribution in [3.05, 3.63) is 71.4 Å². The van der Waals surface area contributed by atoms with Gasteiger partial charge in [-0.1, -0.05) is 29.8 Å². The third-order valence-corrected chi connectivity index (χ3v) is 3.73. The van der Waals surface area contributed by atoms with E-state index in [4.69, 9.17) is 10.9 Å². The van der Waals surface area contributed by atoms with Gasteiger partial charge in [0.25, 0.3) is 0 Å². The van der Waals surface area contributed by atoms with Crippen molar-refractivity contribution in [2.45, 2.75) is 18.0 Å². The lowest BCUT2D eigenvalue weighted by Crippen LogP contribution is -2.20. The third kappa shape index (κ3) is 4.87. The maximum atomic E-state index is 12.8. The number of nitrogens with zero attached hydrogens (tertiary/aromatic N) is 1. The molecule has 0 aliphatic rings. The number of hydrogen-bond acceptors (Lipinski definition) is 4. The van der Waals surface area contributed by atoms with Crippen LogP contribution in [0.3, 0.4) is 0 Å². The van der Waals surface area contributed by atoms with E-state index >= 15 is 0 Å². The Morgan fingerprint density at radius 2 is 1.62 bits per heavy atom. The molecule has 0 atom stereocenters. The molecule has 0 bridgehead atoms. The number of alkyl halides is 3. The first-order valence-electron chi connectivity index (χ1n) is 6.96. The molecule has 126 valence electrons. The molecule has 0 aliphatic carbocycles. The Morgan fingerprint density at radius 1 is 1.04 bits per heavy atom. The zero-order valence-electron chi connectivity index (χ0n) is 12.8. The van der Waals surface area contributed by atoms with Gasteiger partial charge in [-0.25, -0.2) is 4.99 Å². The molecule has 0 spiro atoms. The number of halogens is 3. The molecule has 2 aromatic carbocycles. The summed E-state index contributed by atoms with van der Waals surface area (Å²) in [6, 6.07) is 13.9. The van der Waals surface area contributed by atoms with Gasteiger partial charge in [-0.15, -0.1) is 0 Å². The molecule has 0 amide bonds. The molecule has 3 nitrogen and oxygen atoms in total. The second kappa shape index (κ2) is 7.55. The number of allylic oxidation sites excluding steroid dienone is 2. The summed E-state index contributed by atoms with van der Waals surface area (Å²) < 4.78 is 38.3. The van der Waals surface area contributed by atoms with Crippen LogP contribution in [0.2, 0.25) is 0 Å². The summed E-state index contributed by atoms with van der Waals surface area (Å²) in [5, 5.41) is 5.45. The highest BCUT2D eigenvalue weighted by Crippen LogP contribution is 2.24. The van der Waals surface area contributed by atoms with Gasteiger partial charge in [0.15, 0.2) is 0 Å². The molecule has 0 aromatic heterocycles. The van der Waals surface area contributed by atoms with Crippen molar-refractivity contribution in [2.75, 3.05) is 0 Å².